The zero-order valence-electron chi connectivity index (χ0n) is 16.6. The largest absolute Gasteiger partial charge is 0.497 e. The van der Waals surface area contributed by atoms with Crippen molar-refractivity contribution >= 4 is 23.4 Å². The van der Waals surface area contributed by atoms with Gasteiger partial charge in [0.2, 0.25) is 23.2 Å². The number of anilines is 1. The predicted molar refractivity (Wildman–Crippen MR) is 116 cm³/mol. The highest BCUT2D eigenvalue weighted by Gasteiger charge is 2.34. The molecule has 0 spiro atoms. The first kappa shape index (κ1) is 19.9. The molecular weight excluding hydrogens is 400 g/mol. The van der Waals surface area contributed by atoms with Crippen molar-refractivity contribution in [1.82, 2.24) is 15.2 Å². The maximum Gasteiger partial charge on any atom is 0.247 e. The van der Waals surface area contributed by atoms with Gasteiger partial charge in [-0.25, -0.2) is 0 Å². The van der Waals surface area contributed by atoms with Crippen LogP contribution in [0.2, 0.25) is 0 Å². The summed E-state index contributed by atoms with van der Waals surface area (Å²) >= 11 is 1.41. The number of amides is 1. The number of aromatic nitrogens is 3. The van der Waals surface area contributed by atoms with Gasteiger partial charge in [-0.15, -0.1) is 16.8 Å². The van der Waals surface area contributed by atoms with Crippen molar-refractivity contribution < 1.29 is 14.3 Å². The van der Waals surface area contributed by atoms with E-state index in [1.165, 1.54) is 18.7 Å². The van der Waals surface area contributed by atoms with Crippen LogP contribution in [0.3, 0.4) is 0 Å². The molecule has 0 fully saturated rings. The summed E-state index contributed by atoms with van der Waals surface area (Å²) in [6.45, 7) is 5.23. The first-order valence-corrected chi connectivity index (χ1v) is 10.3. The molecule has 4 rings (SSSR count). The molecular formula is C22H20N4O3S. The van der Waals surface area contributed by atoms with Crippen LogP contribution >= 0.6 is 11.8 Å². The van der Waals surface area contributed by atoms with Gasteiger partial charge in [0, 0.05) is 23.8 Å². The highest BCUT2D eigenvalue weighted by Crippen LogP contribution is 2.43. The Kier molecular flexibility index (Phi) is 5.67. The molecule has 1 aromatic heterocycles. The van der Waals surface area contributed by atoms with Crippen LogP contribution in [-0.2, 0) is 4.79 Å². The number of para-hydroxylation sites is 1. The van der Waals surface area contributed by atoms with Crippen molar-refractivity contribution in [1.29, 1.82) is 0 Å². The van der Waals surface area contributed by atoms with Gasteiger partial charge in [0.05, 0.1) is 12.8 Å². The molecule has 0 saturated heterocycles. The highest BCUT2D eigenvalue weighted by molar-refractivity contribution is 7.99. The average molecular weight is 420 g/mol. The van der Waals surface area contributed by atoms with E-state index in [0.29, 0.717) is 28.2 Å². The number of hydrogen-bond donors (Lipinski definition) is 0. The number of carbonyl (C=O) groups excluding carboxylic acids is 1. The summed E-state index contributed by atoms with van der Waals surface area (Å²) in [4.78, 5) is 18.9. The van der Waals surface area contributed by atoms with E-state index in [9.17, 15) is 4.79 Å². The maximum atomic E-state index is 12.7. The third-order valence-electron chi connectivity index (χ3n) is 4.58. The normalized spacial score (nSPS) is 14.7. The molecule has 1 aliphatic heterocycles. The molecule has 0 unspecified atom stereocenters. The minimum absolute atomic E-state index is 0.162. The van der Waals surface area contributed by atoms with Gasteiger partial charge in [0.1, 0.15) is 5.75 Å². The van der Waals surface area contributed by atoms with E-state index < -0.39 is 6.23 Å². The lowest BCUT2D eigenvalue weighted by Gasteiger charge is -2.29. The van der Waals surface area contributed by atoms with Crippen LogP contribution in [0.5, 0.6) is 11.6 Å². The maximum absolute atomic E-state index is 12.7. The standard InChI is InChI=1S/C22H20N4O3S/c1-4-13-30-22-23-20-19(24-25-22)17-7-5-6-8-18(17)26(14(2)27)21(29-20)15-9-11-16(28-3)12-10-15/h4-12,21H,1,13H2,2-3H3/t21-/m1/s1. The first-order valence-electron chi connectivity index (χ1n) is 9.30. The van der Waals surface area contributed by atoms with E-state index in [2.05, 4.69) is 21.8 Å². The molecule has 0 saturated carbocycles. The number of rotatable bonds is 5. The van der Waals surface area contributed by atoms with Gasteiger partial charge in [-0.3, -0.25) is 9.69 Å². The van der Waals surface area contributed by atoms with E-state index in [0.717, 1.165) is 16.9 Å². The van der Waals surface area contributed by atoms with Gasteiger partial charge in [0.25, 0.3) is 0 Å². The van der Waals surface area contributed by atoms with Gasteiger partial charge >= 0.3 is 0 Å². The van der Waals surface area contributed by atoms with Gasteiger partial charge in [-0.05, 0) is 30.3 Å². The Labute approximate surface area is 178 Å². The fraction of sp³-hybridized carbons (Fsp3) is 0.182. The lowest BCUT2D eigenvalue weighted by Crippen LogP contribution is -2.36. The molecule has 7 nitrogen and oxygen atoms in total. The molecule has 1 aliphatic rings. The molecule has 1 amide bonds. The van der Waals surface area contributed by atoms with Crippen LogP contribution in [-0.4, -0.2) is 34.0 Å². The molecule has 2 aromatic carbocycles. The number of benzene rings is 2. The quantitative estimate of drug-likeness (QED) is 0.451. The third kappa shape index (κ3) is 3.73. The number of thioether (sulfide) groups is 1. The molecule has 0 bridgehead atoms. The summed E-state index contributed by atoms with van der Waals surface area (Å²) < 4.78 is 11.6. The van der Waals surface area contributed by atoms with E-state index in [1.54, 1.807) is 18.1 Å². The SMILES string of the molecule is C=CCSc1nnc2c(n1)O[C@H](c1ccc(OC)cc1)N(C(C)=O)c1ccccc1-2. The van der Waals surface area contributed by atoms with Gasteiger partial charge in [0.15, 0.2) is 5.69 Å². The van der Waals surface area contributed by atoms with Crippen molar-refractivity contribution in [3.05, 3.63) is 66.7 Å². The minimum atomic E-state index is -0.718. The van der Waals surface area contributed by atoms with E-state index in [-0.39, 0.29) is 5.91 Å². The fourth-order valence-electron chi connectivity index (χ4n) is 3.23. The Bertz CT molecular complexity index is 1090. The second-order valence-electron chi connectivity index (χ2n) is 6.50. The molecule has 0 aliphatic carbocycles. The number of carbonyl (C=O) groups is 1. The average Bonchev–Trinajstić information content (AvgIpc) is 2.92. The second kappa shape index (κ2) is 8.54. The van der Waals surface area contributed by atoms with E-state index in [4.69, 9.17) is 9.47 Å². The van der Waals surface area contributed by atoms with Crippen LogP contribution in [0, 0.1) is 0 Å². The third-order valence-corrected chi connectivity index (χ3v) is 5.42. The topological polar surface area (TPSA) is 77.4 Å². The summed E-state index contributed by atoms with van der Waals surface area (Å²) in [7, 11) is 1.61. The summed E-state index contributed by atoms with van der Waals surface area (Å²) in [6, 6.07) is 14.9. The lowest BCUT2D eigenvalue weighted by atomic mass is 10.1. The highest BCUT2D eigenvalue weighted by atomic mass is 32.2. The molecule has 1 atom stereocenters. The van der Waals surface area contributed by atoms with Crippen molar-refractivity contribution in [3.63, 3.8) is 0 Å². The summed E-state index contributed by atoms with van der Waals surface area (Å²) in [6.07, 6.45) is 1.05. The van der Waals surface area contributed by atoms with E-state index in [1.807, 2.05) is 48.5 Å². The zero-order chi connectivity index (χ0) is 21.1. The van der Waals surface area contributed by atoms with Gasteiger partial charge in [-0.2, -0.15) is 4.98 Å². The summed E-state index contributed by atoms with van der Waals surface area (Å²) in [5.74, 6) is 1.53. The Hall–Kier alpha value is -3.39. The molecule has 8 heteroatoms. The van der Waals surface area contributed by atoms with Crippen LogP contribution < -0.4 is 14.4 Å². The summed E-state index contributed by atoms with van der Waals surface area (Å²) in [5.41, 5.74) is 2.70. The molecule has 152 valence electrons. The number of methoxy groups -OCH3 is 1. The molecule has 0 N–H and O–H groups in total. The number of fused-ring (bicyclic) bond motifs is 3. The van der Waals surface area contributed by atoms with Crippen LogP contribution in [0.15, 0.2) is 66.3 Å². The molecule has 0 radical (unpaired) electrons. The van der Waals surface area contributed by atoms with Gasteiger partial charge < -0.3 is 9.47 Å². The molecule has 2 heterocycles. The van der Waals surface area contributed by atoms with Crippen LogP contribution in [0.4, 0.5) is 5.69 Å². The minimum Gasteiger partial charge on any atom is -0.497 e. The Morgan fingerprint density at radius 3 is 2.70 bits per heavy atom. The van der Waals surface area contributed by atoms with Crippen LogP contribution in [0.1, 0.15) is 18.7 Å². The van der Waals surface area contributed by atoms with Crippen molar-refractivity contribution in [3.8, 4) is 22.9 Å². The summed E-state index contributed by atoms with van der Waals surface area (Å²) in [5, 5.41) is 9.07. The Balaban J connectivity index is 1.88. The van der Waals surface area contributed by atoms with Crippen molar-refractivity contribution in [2.75, 3.05) is 17.8 Å². The monoisotopic (exact) mass is 420 g/mol. The lowest BCUT2D eigenvalue weighted by molar-refractivity contribution is -0.118. The van der Waals surface area contributed by atoms with Crippen LogP contribution in [0.25, 0.3) is 11.3 Å². The number of ether oxygens (including phenoxy) is 2. The smallest absolute Gasteiger partial charge is 0.247 e. The number of hydrogen-bond acceptors (Lipinski definition) is 7. The first-order chi connectivity index (χ1) is 14.6. The number of nitrogens with zero attached hydrogens (tertiary/aromatic N) is 4. The Morgan fingerprint density at radius 2 is 2.00 bits per heavy atom. The second-order valence-corrected chi connectivity index (χ2v) is 7.48. The van der Waals surface area contributed by atoms with Crippen molar-refractivity contribution in [2.45, 2.75) is 18.3 Å². The predicted octanol–water partition coefficient (Wildman–Crippen LogP) is 4.27. The van der Waals surface area contributed by atoms with E-state index >= 15 is 0 Å². The van der Waals surface area contributed by atoms with Crippen molar-refractivity contribution in [2.24, 2.45) is 0 Å². The molecule has 3 aromatic rings. The molecule has 30 heavy (non-hydrogen) atoms. The zero-order valence-corrected chi connectivity index (χ0v) is 17.4. The Morgan fingerprint density at radius 1 is 1.23 bits per heavy atom. The fourth-order valence-corrected chi connectivity index (χ4v) is 3.75. The van der Waals surface area contributed by atoms with Gasteiger partial charge in [-0.1, -0.05) is 36.0 Å².